The van der Waals surface area contributed by atoms with Crippen LogP contribution in [0.5, 0.6) is 0 Å². The van der Waals surface area contributed by atoms with Crippen LogP contribution >= 0.6 is 15.9 Å². The van der Waals surface area contributed by atoms with E-state index in [2.05, 4.69) is 35.1 Å². The van der Waals surface area contributed by atoms with Crippen molar-refractivity contribution in [3.8, 4) is 0 Å². The minimum absolute atomic E-state index is 0.0967. The lowest BCUT2D eigenvalue weighted by molar-refractivity contribution is 0.102. The summed E-state index contributed by atoms with van der Waals surface area (Å²) in [6.45, 7) is 4.23. The molecule has 0 atom stereocenters. The van der Waals surface area contributed by atoms with E-state index in [1.807, 2.05) is 42.5 Å². The van der Waals surface area contributed by atoms with Crippen molar-refractivity contribution in [2.75, 3.05) is 5.32 Å². The second-order valence-electron chi connectivity index (χ2n) is 4.68. The molecule has 2 nitrogen and oxygen atoms in total. The number of amides is 1. The molecule has 0 aliphatic carbocycles. The van der Waals surface area contributed by atoms with Crippen molar-refractivity contribution in [3.05, 3.63) is 64.1 Å². The van der Waals surface area contributed by atoms with Crippen molar-refractivity contribution in [2.45, 2.75) is 19.8 Å². The Kier molecular flexibility index (Phi) is 4.38. The van der Waals surface area contributed by atoms with E-state index in [0.29, 0.717) is 11.5 Å². The largest absolute Gasteiger partial charge is 0.322 e. The third-order valence-electron chi connectivity index (χ3n) is 2.95. The third kappa shape index (κ3) is 3.24. The Bertz CT molecular complexity index is 593. The van der Waals surface area contributed by atoms with Crippen LogP contribution in [0, 0.1) is 0 Å². The predicted octanol–water partition coefficient (Wildman–Crippen LogP) is 4.82. The van der Waals surface area contributed by atoms with Crippen molar-refractivity contribution in [1.82, 2.24) is 0 Å². The van der Waals surface area contributed by atoms with E-state index >= 15 is 0 Å². The molecule has 0 fully saturated rings. The second kappa shape index (κ2) is 6.02. The maximum Gasteiger partial charge on any atom is 0.256 e. The van der Waals surface area contributed by atoms with Crippen LogP contribution in [0.2, 0.25) is 0 Å². The topological polar surface area (TPSA) is 29.1 Å². The molecule has 0 heterocycles. The number of para-hydroxylation sites is 1. The minimum Gasteiger partial charge on any atom is -0.322 e. The first-order valence-electron chi connectivity index (χ1n) is 6.24. The molecule has 2 rings (SSSR count). The summed E-state index contributed by atoms with van der Waals surface area (Å²) < 4.78 is 0.800. The van der Waals surface area contributed by atoms with Crippen molar-refractivity contribution >= 4 is 27.5 Å². The fourth-order valence-corrected chi connectivity index (χ4v) is 2.41. The van der Waals surface area contributed by atoms with E-state index in [0.717, 1.165) is 15.7 Å². The monoisotopic (exact) mass is 317 g/mol. The van der Waals surface area contributed by atoms with Gasteiger partial charge in [0, 0.05) is 10.2 Å². The van der Waals surface area contributed by atoms with E-state index < -0.39 is 0 Å². The van der Waals surface area contributed by atoms with Gasteiger partial charge in [0.05, 0.1) is 5.56 Å². The molecule has 0 radical (unpaired) electrons. The Labute approximate surface area is 122 Å². The summed E-state index contributed by atoms with van der Waals surface area (Å²) in [6, 6.07) is 15.3. The number of halogens is 1. The fraction of sp³-hybridized carbons (Fsp3) is 0.188. The standard InChI is InChI=1S/C16H16BrNO/c1-11(2)12-7-4-6-10-15(12)18-16(19)13-8-3-5-9-14(13)17/h3-11H,1-2H3,(H,18,19). The molecule has 0 bridgehead atoms. The summed E-state index contributed by atoms with van der Waals surface area (Å²) in [4.78, 5) is 12.3. The van der Waals surface area contributed by atoms with E-state index in [-0.39, 0.29) is 5.91 Å². The van der Waals surface area contributed by atoms with Crippen LogP contribution in [0.15, 0.2) is 53.0 Å². The van der Waals surface area contributed by atoms with E-state index in [1.54, 1.807) is 6.07 Å². The van der Waals surface area contributed by atoms with Crippen LogP contribution in [-0.2, 0) is 0 Å². The number of benzene rings is 2. The maximum absolute atomic E-state index is 12.3. The summed E-state index contributed by atoms with van der Waals surface area (Å²) >= 11 is 3.40. The number of carbonyl (C=O) groups excluding carboxylic acids is 1. The molecular formula is C16H16BrNO. The zero-order valence-electron chi connectivity index (χ0n) is 11.0. The van der Waals surface area contributed by atoms with Crippen LogP contribution in [0.1, 0.15) is 35.7 Å². The smallest absolute Gasteiger partial charge is 0.256 e. The Hall–Kier alpha value is -1.61. The van der Waals surface area contributed by atoms with Gasteiger partial charge in [-0.1, -0.05) is 44.2 Å². The lowest BCUT2D eigenvalue weighted by Crippen LogP contribution is -2.14. The molecule has 0 aliphatic rings. The summed E-state index contributed by atoms with van der Waals surface area (Å²) in [7, 11) is 0. The molecule has 0 unspecified atom stereocenters. The molecule has 19 heavy (non-hydrogen) atoms. The third-order valence-corrected chi connectivity index (χ3v) is 3.64. The first kappa shape index (κ1) is 13.8. The fourth-order valence-electron chi connectivity index (χ4n) is 1.95. The van der Waals surface area contributed by atoms with E-state index in [1.165, 1.54) is 0 Å². The molecule has 98 valence electrons. The van der Waals surface area contributed by atoms with Crippen molar-refractivity contribution < 1.29 is 4.79 Å². The van der Waals surface area contributed by atoms with Crippen molar-refractivity contribution in [2.24, 2.45) is 0 Å². The van der Waals surface area contributed by atoms with Gasteiger partial charge in [0.15, 0.2) is 0 Å². The highest BCUT2D eigenvalue weighted by Crippen LogP contribution is 2.25. The van der Waals surface area contributed by atoms with E-state index in [9.17, 15) is 4.79 Å². The predicted molar refractivity (Wildman–Crippen MR) is 82.6 cm³/mol. The van der Waals surface area contributed by atoms with Gasteiger partial charge in [-0.15, -0.1) is 0 Å². The highest BCUT2D eigenvalue weighted by atomic mass is 79.9. The van der Waals surface area contributed by atoms with Crippen LogP contribution in [0.3, 0.4) is 0 Å². The molecule has 2 aromatic rings. The van der Waals surface area contributed by atoms with Crippen molar-refractivity contribution in [1.29, 1.82) is 0 Å². The van der Waals surface area contributed by atoms with Gasteiger partial charge in [0.25, 0.3) is 5.91 Å². The van der Waals surface area contributed by atoms with Gasteiger partial charge in [0.1, 0.15) is 0 Å². The Morgan fingerprint density at radius 2 is 1.68 bits per heavy atom. The Morgan fingerprint density at radius 3 is 2.37 bits per heavy atom. The molecule has 1 N–H and O–H groups in total. The van der Waals surface area contributed by atoms with Gasteiger partial charge in [0.2, 0.25) is 0 Å². The molecule has 0 aliphatic heterocycles. The van der Waals surface area contributed by atoms with Gasteiger partial charge < -0.3 is 5.32 Å². The zero-order chi connectivity index (χ0) is 13.8. The molecule has 3 heteroatoms. The lowest BCUT2D eigenvalue weighted by atomic mass is 10.0. The Morgan fingerprint density at radius 1 is 1.05 bits per heavy atom. The number of anilines is 1. The molecule has 0 aromatic heterocycles. The minimum atomic E-state index is -0.0967. The average molecular weight is 318 g/mol. The lowest BCUT2D eigenvalue weighted by Gasteiger charge is -2.14. The number of carbonyl (C=O) groups is 1. The maximum atomic E-state index is 12.3. The van der Waals surface area contributed by atoms with Gasteiger partial charge in [-0.25, -0.2) is 0 Å². The molecule has 0 saturated carbocycles. The summed E-state index contributed by atoms with van der Waals surface area (Å²) in [5.74, 6) is 0.274. The first-order chi connectivity index (χ1) is 9.09. The molecule has 0 saturated heterocycles. The highest BCUT2D eigenvalue weighted by molar-refractivity contribution is 9.10. The molecule has 2 aromatic carbocycles. The van der Waals surface area contributed by atoms with Gasteiger partial charge >= 0.3 is 0 Å². The summed E-state index contributed by atoms with van der Waals surface area (Å²) in [6.07, 6.45) is 0. The zero-order valence-corrected chi connectivity index (χ0v) is 12.6. The van der Waals surface area contributed by atoms with Crippen molar-refractivity contribution in [3.63, 3.8) is 0 Å². The highest BCUT2D eigenvalue weighted by Gasteiger charge is 2.12. The molecule has 0 spiro atoms. The first-order valence-corrected chi connectivity index (χ1v) is 7.03. The SMILES string of the molecule is CC(C)c1ccccc1NC(=O)c1ccccc1Br. The number of nitrogens with one attached hydrogen (secondary N) is 1. The number of hydrogen-bond donors (Lipinski definition) is 1. The van der Waals surface area contributed by atoms with Crippen LogP contribution in [0.4, 0.5) is 5.69 Å². The summed E-state index contributed by atoms with van der Waals surface area (Å²) in [5, 5.41) is 2.98. The van der Waals surface area contributed by atoms with Crippen LogP contribution in [-0.4, -0.2) is 5.91 Å². The van der Waals surface area contributed by atoms with E-state index in [4.69, 9.17) is 0 Å². The van der Waals surface area contributed by atoms with Gasteiger partial charge in [-0.2, -0.15) is 0 Å². The quantitative estimate of drug-likeness (QED) is 0.863. The number of hydrogen-bond acceptors (Lipinski definition) is 1. The summed E-state index contributed by atoms with van der Waals surface area (Å²) in [5.41, 5.74) is 2.65. The van der Waals surface area contributed by atoms with Gasteiger partial charge in [-0.05, 0) is 45.6 Å². The molecular weight excluding hydrogens is 302 g/mol. The van der Waals surface area contributed by atoms with Gasteiger partial charge in [-0.3, -0.25) is 4.79 Å². The molecule has 1 amide bonds. The normalized spacial score (nSPS) is 10.5. The van der Waals surface area contributed by atoms with Crippen LogP contribution < -0.4 is 5.32 Å². The number of rotatable bonds is 3. The van der Waals surface area contributed by atoms with Crippen LogP contribution in [0.25, 0.3) is 0 Å². The Balaban J connectivity index is 2.27. The second-order valence-corrected chi connectivity index (χ2v) is 5.53. The average Bonchev–Trinajstić information content (AvgIpc) is 2.39.